The van der Waals surface area contributed by atoms with Gasteiger partial charge >= 0.3 is 0 Å². The van der Waals surface area contributed by atoms with Crippen LogP contribution >= 0.6 is 0 Å². The van der Waals surface area contributed by atoms with Crippen molar-refractivity contribution in [3.8, 4) is 11.3 Å². The molecule has 6 nitrogen and oxygen atoms in total. The van der Waals surface area contributed by atoms with Gasteiger partial charge in [0.2, 0.25) is 0 Å². The minimum Gasteiger partial charge on any atom is -0.376 e. The molecule has 5 rings (SSSR count). The number of carbonyl (C=O) groups is 1. The van der Waals surface area contributed by atoms with Gasteiger partial charge < -0.3 is 10.1 Å². The number of carbonyl (C=O) groups excluding carboxylic acids is 1. The summed E-state index contributed by atoms with van der Waals surface area (Å²) in [5.41, 5.74) is 3.80. The molecule has 0 radical (unpaired) electrons. The smallest absolute Gasteiger partial charge is 0.256 e. The maximum Gasteiger partial charge on any atom is 0.256 e. The highest BCUT2D eigenvalue weighted by molar-refractivity contribution is 7.91. The Morgan fingerprint density at radius 1 is 1.00 bits per heavy atom. The number of hydrogen-bond acceptors (Lipinski definition) is 5. The highest BCUT2D eigenvalue weighted by Crippen LogP contribution is 2.37. The first-order valence-corrected chi connectivity index (χ1v) is 11.8. The monoisotopic (exact) mass is 444 g/mol. The van der Waals surface area contributed by atoms with Crippen molar-refractivity contribution in [3.05, 3.63) is 90.0 Å². The standard InChI is InChI=1S/C25H20N2O4S/c1-31-23-15-32(29,30)24-13-17(11-12-19(23)24)26-25(28)20-14-22(16-7-3-2-4-8-16)27-21-10-6-5-9-18(20)21/h2-14,23H,15H2,1H3,(H,26,28). The lowest BCUT2D eigenvalue weighted by Crippen LogP contribution is -2.13. The third-order valence-corrected chi connectivity index (χ3v) is 7.40. The minimum absolute atomic E-state index is 0.0916. The predicted molar refractivity (Wildman–Crippen MR) is 123 cm³/mol. The average molecular weight is 445 g/mol. The number of para-hydroxylation sites is 1. The van der Waals surface area contributed by atoms with E-state index in [1.165, 1.54) is 13.2 Å². The Morgan fingerprint density at radius 3 is 2.53 bits per heavy atom. The molecule has 1 unspecified atom stereocenters. The summed E-state index contributed by atoms with van der Waals surface area (Å²) in [7, 11) is -1.96. The number of amides is 1. The topological polar surface area (TPSA) is 85.4 Å². The molecule has 2 heterocycles. The van der Waals surface area contributed by atoms with E-state index in [0.717, 1.165) is 10.9 Å². The van der Waals surface area contributed by atoms with Crippen LogP contribution in [0, 0.1) is 0 Å². The highest BCUT2D eigenvalue weighted by Gasteiger charge is 2.35. The van der Waals surface area contributed by atoms with E-state index in [2.05, 4.69) is 5.32 Å². The van der Waals surface area contributed by atoms with E-state index in [1.54, 1.807) is 18.2 Å². The van der Waals surface area contributed by atoms with Gasteiger partial charge in [0.25, 0.3) is 5.91 Å². The van der Waals surface area contributed by atoms with E-state index in [0.29, 0.717) is 28.0 Å². The zero-order valence-electron chi connectivity index (χ0n) is 17.3. The van der Waals surface area contributed by atoms with Crippen LogP contribution in [0.2, 0.25) is 0 Å². The Balaban J connectivity index is 1.55. The lowest BCUT2D eigenvalue weighted by molar-refractivity contribution is 0.102. The largest absolute Gasteiger partial charge is 0.376 e. The number of pyridine rings is 1. The summed E-state index contributed by atoms with van der Waals surface area (Å²) in [6.45, 7) is 0. The van der Waals surface area contributed by atoms with Crippen molar-refractivity contribution in [2.24, 2.45) is 0 Å². The zero-order valence-corrected chi connectivity index (χ0v) is 18.1. The molecule has 1 aromatic heterocycles. The molecular weight excluding hydrogens is 424 g/mol. The van der Waals surface area contributed by atoms with Gasteiger partial charge in [-0.15, -0.1) is 0 Å². The van der Waals surface area contributed by atoms with Crippen LogP contribution in [0.1, 0.15) is 22.0 Å². The van der Waals surface area contributed by atoms with Gasteiger partial charge in [-0.3, -0.25) is 4.79 Å². The molecule has 0 fully saturated rings. The van der Waals surface area contributed by atoms with Crippen LogP contribution in [0.3, 0.4) is 0 Å². The Bertz CT molecular complexity index is 1450. The Hall–Kier alpha value is -3.55. The van der Waals surface area contributed by atoms with Crippen LogP contribution < -0.4 is 5.32 Å². The second-order valence-electron chi connectivity index (χ2n) is 7.65. The summed E-state index contributed by atoms with van der Waals surface area (Å²) in [6, 6.07) is 23.8. The van der Waals surface area contributed by atoms with Crippen LogP contribution in [-0.2, 0) is 14.6 Å². The quantitative estimate of drug-likeness (QED) is 0.496. The first kappa shape index (κ1) is 20.4. The van der Waals surface area contributed by atoms with Crippen LogP contribution in [0.5, 0.6) is 0 Å². The van der Waals surface area contributed by atoms with E-state index >= 15 is 0 Å². The first-order valence-electron chi connectivity index (χ1n) is 10.1. The molecule has 0 saturated carbocycles. The van der Waals surface area contributed by atoms with Crippen molar-refractivity contribution in [1.82, 2.24) is 4.98 Å². The summed E-state index contributed by atoms with van der Waals surface area (Å²) < 4.78 is 30.3. The van der Waals surface area contributed by atoms with Crippen LogP contribution in [0.25, 0.3) is 22.2 Å². The Morgan fingerprint density at radius 2 is 1.75 bits per heavy atom. The van der Waals surface area contributed by atoms with Gasteiger partial charge in [0.15, 0.2) is 9.84 Å². The van der Waals surface area contributed by atoms with Gasteiger partial charge in [-0.25, -0.2) is 13.4 Å². The maximum atomic E-state index is 13.3. The van der Waals surface area contributed by atoms with E-state index in [9.17, 15) is 13.2 Å². The van der Waals surface area contributed by atoms with Crippen molar-refractivity contribution < 1.29 is 17.9 Å². The number of benzene rings is 3. The molecule has 160 valence electrons. The summed E-state index contributed by atoms with van der Waals surface area (Å²) in [4.78, 5) is 18.2. The molecule has 1 N–H and O–H groups in total. The van der Waals surface area contributed by atoms with E-state index in [-0.39, 0.29) is 16.6 Å². The molecule has 3 aromatic carbocycles. The third kappa shape index (κ3) is 3.55. The van der Waals surface area contributed by atoms with E-state index in [1.807, 2.05) is 54.6 Å². The molecule has 1 aliphatic rings. The number of methoxy groups -OCH3 is 1. The van der Waals surface area contributed by atoms with Gasteiger partial charge in [0, 0.05) is 29.3 Å². The number of rotatable bonds is 4. The normalized spacial score (nSPS) is 16.6. The van der Waals surface area contributed by atoms with Gasteiger partial charge in [-0.1, -0.05) is 54.6 Å². The molecule has 0 saturated heterocycles. The molecule has 0 bridgehead atoms. The average Bonchev–Trinajstić information content (AvgIpc) is 3.08. The number of aromatic nitrogens is 1. The van der Waals surface area contributed by atoms with E-state index < -0.39 is 15.9 Å². The number of hydrogen-bond donors (Lipinski definition) is 1. The molecule has 1 aliphatic heterocycles. The number of ether oxygens (including phenoxy) is 1. The second-order valence-corrected chi connectivity index (χ2v) is 9.65. The van der Waals surface area contributed by atoms with Gasteiger partial charge in [0.05, 0.1) is 33.5 Å². The zero-order chi connectivity index (χ0) is 22.3. The SMILES string of the molecule is COC1CS(=O)(=O)c2cc(NC(=O)c3cc(-c4ccccc4)nc4ccccc34)ccc21. The van der Waals surface area contributed by atoms with Crippen molar-refractivity contribution in [2.45, 2.75) is 11.0 Å². The third-order valence-electron chi connectivity index (χ3n) is 5.64. The van der Waals surface area contributed by atoms with Crippen molar-refractivity contribution in [3.63, 3.8) is 0 Å². The van der Waals surface area contributed by atoms with E-state index in [4.69, 9.17) is 9.72 Å². The fraction of sp³-hybridized carbons (Fsp3) is 0.120. The van der Waals surface area contributed by atoms with Crippen LogP contribution in [0.4, 0.5) is 5.69 Å². The molecule has 32 heavy (non-hydrogen) atoms. The van der Waals surface area contributed by atoms with Crippen molar-refractivity contribution in [2.75, 3.05) is 18.2 Å². The Labute approximate surface area is 185 Å². The molecule has 0 spiro atoms. The second kappa shape index (κ2) is 7.85. The number of fused-ring (bicyclic) bond motifs is 2. The van der Waals surface area contributed by atoms with Gasteiger partial charge in [0.1, 0.15) is 0 Å². The van der Waals surface area contributed by atoms with Crippen molar-refractivity contribution >= 4 is 32.3 Å². The summed E-state index contributed by atoms with van der Waals surface area (Å²) in [6.07, 6.45) is -0.489. The number of sulfone groups is 1. The lowest BCUT2D eigenvalue weighted by atomic mass is 10.0. The maximum absolute atomic E-state index is 13.3. The molecule has 1 amide bonds. The fourth-order valence-corrected chi connectivity index (χ4v) is 5.80. The number of anilines is 1. The van der Waals surface area contributed by atoms with Gasteiger partial charge in [-0.05, 0) is 24.3 Å². The summed E-state index contributed by atoms with van der Waals surface area (Å²) in [5.74, 6) is -0.425. The predicted octanol–water partition coefficient (Wildman–Crippen LogP) is 4.63. The molecule has 7 heteroatoms. The summed E-state index contributed by atoms with van der Waals surface area (Å²) in [5, 5.41) is 3.58. The lowest BCUT2D eigenvalue weighted by Gasteiger charge is -2.12. The fourth-order valence-electron chi connectivity index (χ4n) is 4.04. The first-order chi connectivity index (χ1) is 15.5. The Kier molecular flexibility index (Phi) is 5.00. The van der Waals surface area contributed by atoms with Crippen LogP contribution in [0.15, 0.2) is 83.8 Å². The van der Waals surface area contributed by atoms with Crippen molar-refractivity contribution in [1.29, 1.82) is 0 Å². The summed E-state index contributed by atoms with van der Waals surface area (Å²) >= 11 is 0. The molecule has 0 aliphatic carbocycles. The van der Waals surface area contributed by atoms with Gasteiger partial charge in [-0.2, -0.15) is 0 Å². The highest BCUT2D eigenvalue weighted by atomic mass is 32.2. The molecule has 4 aromatic rings. The number of nitrogens with zero attached hydrogens (tertiary/aromatic N) is 1. The number of nitrogens with one attached hydrogen (secondary N) is 1. The molecule has 1 atom stereocenters. The van der Waals surface area contributed by atoms with Crippen LogP contribution in [-0.4, -0.2) is 32.2 Å². The minimum atomic E-state index is -3.45. The molecular formula is C25H20N2O4S.